The van der Waals surface area contributed by atoms with Gasteiger partial charge < -0.3 is 15.2 Å². The summed E-state index contributed by atoms with van der Waals surface area (Å²) in [6.45, 7) is 0.161. The second kappa shape index (κ2) is 10.1. The Labute approximate surface area is 187 Å². The lowest BCUT2D eigenvalue weighted by molar-refractivity contribution is -0.112. The van der Waals surface area contributed by atoms with Crippen molar-refractivity contribution >= 4 is 33.6 Å². The standard InChI is InChI=1S/C24H16BrN3O3/c25-20-5-10-23(31-15-17-4-2-1-3-16(17)13-26)18(12-20)11-19(14-27)24(30)28-21-6-8-22(29)9-7-21/h1-12,29H,15H2,(H,28,30)/b19-11-. The number of nitriles is 2. The molecule has 0 aliphatic rings. The number of benzene rings is 3. The van der Waals surface area contributed by atoms with Crippen LogP contribution < -0.4 is 10.1 Å². The third-order valence-corrected chi connectivity index (χ3v) is 4.78. The molecule has 152 valence electrons. The average Bonchev–Trinajstić information content (AvgIpc) is 2.78. The highest BCUT2D eigenvalue weighted by atomic mass is 79.9. The molecule has 6 nitrogen and oxygen atoms in total. The maximum absolute atomic E-state index is 12.5. The van der Waals surface area contributed by atoms with Crippen LogP contribution in [0.15, 0.2) is 76.8 Å². The molecule has 0 unspecified atom stereocenters. The van der Waals surface area contributed by atoms with Crippen LogP contribution in [-0.4, -0.2) is 11.0 Å². The second-order valence-corrected chi connectivity index (χ2v) is 7.33. The first-order valence-electron chi connectivity index (χ1n) is 9.12. The summed E-state index contributed by atoms with van der Waals surface area (Å²) in [6.07, 6.45) is 1.44. The van der Waals surface area contributed by atoms with Crippen molar-refractivity contribution < 1.29 is 14.6 Å². The summed E-state index contributed by atoms with van der Waals surface area (Å²) in [7, 11) is 0. The van der Waals surface area contributed by atoms with Crippen molar-refractivity contribution in [3.8, 4) is 23.6 Å². The lowest BCUT2D eigenvalue weighted by atomic mass is 10.1. The number of nitrogens with one attached hydrogen (secondary N) is 1. The molecule has 0 saturated carbocycles. The number of ether oxygens (including phenoxy) is 1. The molecule has 0 aromatic heterocycles. The highest BCUT2D eigenvalue weighted by Gasteiger charge is 2.13. The van der Waals surface area contributed by atoms with Gasteiger partial charge in [0.05, 0.1) is 11.6 Å². The van der Waals surface area contributed by atoms with Crippen LogP contribution in [0.2, 0.25) is 0 Å². The number of phenolic OH excluding ortho intramolecular Hbond substituents is 1. The van der Waals surface area contributed by atoms with Crippen LogP contribution in [0.1, 0.15) is 16.7 Å². The number of halogens is 1. The zero-order valence-corrected chi connectivity index (χ0v) is 17.8. The van der Waals surface area contributed by atoms with E-state index in [0.717, 1.165) is 10.0 Å². The number of carbonyl (C=O) groups excluding carboxylic acids is 1. The predicted molar refractivity (Wildman–Crippen MR) is 120 cm³/mol. The van der Waals surface area contributed by atoms with Crippen molar-refractivity contribution in [2.24, 2.45) is 0 Å². The molecule has 0 radical (unpaired) electrons. The summed E-state index contributed by atoms with van der Waals surface area (Å²) in [4.78, 5) is 12.5. The quantitative estimate of drug-likeness (QED) is 0.292. The van der Waals surface area contributed by atoms with Crippen LogP contribution >= 0.6 is 15.9 Å². The van der Waals surface area contributed by atoms with Crippen LogP contribution in [0.5, 0.6) is 11.5 Å². The molecule has 0 saturated heterocycles. The van der Waals surface area contributed by atoms with Crippen LogP contribution in [-0.2, 0) is 11.4 Å². The lowest BCUT2D eigenvalue weighted by Crippen LogP contribution is -2.13. The molecule has 3 rings (SSSR count). The Morgan fingerprint density at radius 1 is 1.10 bits per heavy atom. The lowest BCUT2D eigenvalue weighted by Gasteiger charge is -2.11. The molecular formula is C24H16BrN3O3. The number of hydrogen-bond donors (Lipinski definition) is 2. The van der Waals surface area contributed by atoms with E-state index in [1.807, 2.05) is 12.1 Å². The van der Waals surface area contributed by atoms with Crippen LogP contribution in [0, 0.1) is 22.7 Å². The van der Waals surface area contributed by atoms with E-state index in [2.05, 4.69) is 27.3 Å². The van der Waals surface area contributed by atoms with Gasteiger partial charge in [-0.1, -0.05) is 34.1 Å². The third-order valence-electron chi connectivity index (χ3n) is 4.28. The molecule has 31 heavy (non-hydrogen) atoms. The van der Waals surface area contributed by atoms with Crippen molar-refractivity contribution in [1.29, 1.82) is 10.5 Å². The van der Waals surface area contributed by atoms with E-state index in [9.17, 15) is 20.4 Å². The number of hydrogen-bond acceptors (Lipinski definition) is 5. The van der Waals surface area contributed by atoms with Crippen molar-refractivity contribution in [1.82, 2.24) is 0 Å². The maximum Gasteiger partial charge on any atom is 0.266 e. The Bertz CT molecular complexity index is 1220. The van der Waals surface area contributed by atoms with Gasteiger partial charge in [0.1, 0.15) is 29.7 Å². The van der Waals surface area contributed by atoms with E-state index >= 15 is 0 Å². The highest BCUT2D eigenvalue weighted by molar-refractivity contribution is 9.10. The Morgan fingerprint density at radius 2 is 1.84 bits per heavy atom. The van der Waals surface area contributed by atoms with Gasteiger partial charge in [-0.25, -0.2) is 0 Å². The molecule has 1 amide bonds. The Balaban J connectivity index is 1.85. The molecule has 3 aromatic rings. The molecule has 0 aliphatic carbocycles. The Morgan fingerprint density at radius 3 is 2.55 bits per heavy atom. The van der Waals surface area contributed by atoms with E-state index in [-0.39, 0.29) is 17.9 Å². The third kappa shape index (κ3) is 5.72. The topological polar surface area (TPSA) is 106 Å². The fraction of sp³-hybridized carbons (Fsp3) is 0.0417. The fourth-order valence-electron chi connectivity index (χ4n) is 2.72. The van der Waals surface area contributed by atoms with Gasteiger partial charge in [-0.05, 0) is 54.6 Å². The summed E-state index contributed by atoms with van der Waals surface area (Å²) in [6, 6.07) is 22.3. The van der Waals surface area contributed by atoms with Crippen molar-refractivity contribution in [2.75, 3.05) is 5.32 Å². The SMILES string of the molecule is N#C/C(=C/c1cc(Br)ccc1OCc1ccccc1C#N)C(=O)Nc1ccc(O)cc1. The summed E-state index contributed by atoms with van der Waals surface area (Å²) >= 11 is 3.39. The normalized spacial score (nSPS) is 10.6. The zero-order valence-electron chi connectivity index (χ0n) is 16.2. The van der Waals surface area contributed by atoms with Crippen LogP contribution in [0.25, 0.3) is 6.08 Å². The van der Waals surface area contributed by atoms with Crippen molar-refractivity contribution in [3.05, 3.63) is 93.5 Å². The van der Waals surface area contributed by atoms with E-state index in [1.54, 1.807) is 36.4 Å². The monoisotopic (exact) mass is 473 g/mol. The minimum atomic E-state index is -0.589. The summed E-state index contributed by atoms with van der Waals surface area (Å²) in [5, 5.41) is 30.7. The average molecular weight is 474 g/mol. The molecule has 0 aliphatic heterocycles. The number of aromatic hydroxyl groups is 1. The summed E-state index contributed by atoms with van der Waals surface area (Å²) < 4.78 is 6.64. The molecule has 3 aromatic carbocycles. The first-order chi connectivity index (χ1) is 15.0. The minimum Gasteiger partial charge on any atom is -0.508 e. The smallest absolute Gasteiger partial charge is 0.266 e. The molecule has 0 spiro atoms. The summed E-state index contributed by atoms with van der Waals surface area (Å²) in [5.41, 5.74) is 2.11. The minimum absolute atomic E-state index is 0.0722. The summed E-state index contributed by atoms with van der Waals surface area (Å²) in [5.74, 6) is -0.0574. The number of carbonyl (C=O) groups is 1. The van der Waals surface area contributed by atoms with Crippen LogP contribution in [0.3, 0.4) is 0 Å². The molecular weight excluding hydrogens is 458 g/mol. The van der Waals surface area contributed by atoms with Crippen molar-refractivity contribution in [3.63, 3.8) is 0 Å². The zero-order chi connectivity index (χ0) is 22.2. The molecule has 0 bridgehead atoms. The van der Waals surface area contributed by atoms with Gasteiger partial charge >= 0.3 is 0 Å². The van der Waals surface area contributed by atoms with Gasteiger partial charge in [-0.3, -0.25) is 4.79 Å². The van der Waals surface area contributed by atoms with Gasteiger partial charge in [0.15, 0.2) is 0 Å². The van der Waals surface area contributed by atoms with E-state index in [4.69, 9.17) is 4.74 Å². The van der Waals surface area contributed by atoms with Gasteiger partial charge in [0.2, 0.25) is 0 Å². The van der Waals surface area contributed by atoms with E-state index in [0.29, 0.717) is 22.6 Å². The fourth-order valence-corrected chi connectivity index (χ4v) is 3.10. The first kappa shape index (κ1) is 21.6. The number of nitrogens with zero attached hydrogens (tertiary/aromatic N) is 2. The van der Waals surface area contributed by atoms with Gasteiger partial charge in [0.25, 0.3) is 5.91 Å². The highest BCUT2D eigenvalue weighted by Crippen LogP contribution is 2.27. The van der Waals surface area contributed by atoms with Gasteiger partial charge in [0, 0.05) is 21.3 Å². The Hall–Kier alpha value is -4.07. The number of rotatable bonds is 6. The number of phenols is 1. The van der Waals surface area contributed by atoms with Gasteiger partial charge in [-0.15, -0.1) is 0 Å². The van der Waals surface area contributed by atoms with Gasteiger partial charge in [-0.2, -0.15) is 10.5 Å². The first-order valence-corrected chi connectivity index (χ1v) is 9.92. The molecule has 7 heteroatoms. The largest absolute Gasteiger partial charge is 0.508 e. The Kier molecular flexibility index (Phi) is 7.05. The maximum atomic E-state index is 12.5. The molecule has 0 atom stereocenters. The molecule has 0 fully saturated rings. The predicted octanol–water partition coefficient (Wildman–Crippen LogP) is 5.15. The van der Waals surface area contributed by atoms with E-state index < -0.39 is 5.91 Å². The second-order valence-electron chi connectivity index (χ2n) is 6.41. The number of amides is 1. The molecule has 2 N–H and O–H groups in total. The number of anilines is 1. The van der Waals surface area contributed by atoms with Crippen LogP contribution in [0.4, 0.5) is 5.69 Å². The van der Waals surface area contributed by atoms with Crippen molar-refractivity contribution in [2.45, 2.75) is 6.61 Å². The molecule has 0 heterocycles. The van der Waals surface area contributed by atoms with E-state index in [1.165, 1.54) is 30.3 Å².